The van der Waals surface area contributed by atoms with Crippen LogP contribution < -0.4 is 9.47 Å². The smallest absolute Gasteiger partial charge is 0.348 e. The first kappa shape index (κ1) is 15.7. The van der Waals surface area contributed by atoms with Crippen LogP contribution in [0.1, 0.15) is 17.0 Å². The maximum atomic E-state index is 11.6. The van der Waals surface area contributed by atoms with E-state index < -0.39 is 5.97 Å². The van der Waals surface area contributed by atoms with Crippen LogP contribution in [0.25, 0.3) is 11.8 Å². The molecule has 0 aliphatic carbocycles. The molecule has 1 aromatic heterocycles. The summed E-state index contributed by atoms with van der Waals surface area (Å²) < 4.78 is 17.4. The van der Waals surface area contributed by atoms with Gasteiger partial charge in [-0.3, -0.25) is 0 Å². The molecule has 0 N–H and O–H groups in total. The molecule has 0 amide bonds. The fraction of sp³-hybridized carbons (Fsp3) is 0.222. The largest absolute Gasteiger partial charge is 0.465 e. The molecular weight excluding hydrogens is 308 g/mol. The lowest BCUT2D eigenvalue weighted by Gasteiger charge is -2.10. The van der Waals surface area contributed by atoms with E-state index in [1.807, 2.05) is 48.7 Å². The van der Waals surface area contributed by atoms with Gasteiger partial charge in [-0.05, 0) is 43.7 Å². The Morgan fingerprint density at radius 1 is 1.29 bits per heavy atom. The number of nitriles is 1. The third-order valence-electron chi connectivity index (χ3n) is 3.91. The van der Waals surface area contributed by atoms with E-state index in [1.54, 1.807) is 0 Å². The molecular formula is C18H16N2O4. The van der Waals surface area contributed by atoms with E-state index >= 15 is 0 Å². The number of ether oxygens (including phenoxy) is 3. The van der Waals surface area contributed by atoms with Crippen LogP contribution in [-0.4, -0.2) is 24.4 Å². The zero-order chi connectivity index (χ0) is 17.3. The lowest BCUT2D eigenvalue weighted by atomic mass is 10.1. The van der Waals surface area contributed by atoms with Gasteiger partial charge in [0.25, 0.3) is 0 Å². The topological polar surface area (TPSA) is 73.5 Å². The van der Waals surface area contributed by atoms with E-state index in [-0.39, 0.29) is 12.4 Å². The molecule has 2 aromatic rings. The molecule has 0 spiro atoms. The fourth-order valence-electron chi connectivity index (χ4n) is 2.76. The SMILES string of the molecule is COC(=O)C(C#N)=Cc1cc(C)n(-c2ccc3c(c2)OCO3)c1C. The molecule has 0 saturated heterocycles. The maximum Gasteiger partial charge on any atom is 0.348 e. The van der Waals surface area contributed by atoms with E-state index in [0.29, 0.717) is 5.75 Å². The summed E-state index contributed by atoms with van der Waals surface area (Å²) >= 11 is 0. The average Bonchev–Trinajstić information content (AvgIpc) is 3.15. The number of fused-ring (bicyclic) bond motifs is 1. The normalized spacial score (nSPS) is 12.8. The Balaban J connectivity index is 2.06. The first-order valence-corrected chi connectivity index (χ1v) is 7.34. The van der Waals surface area contributed by atoms with Crippen molar-refractivity contribution in [3.63, 3.8) is 0 Å². The number of aromatic nitrogens is 1. The standard InChI is InChI=1S/C18H16N2O4/c1-11-6-13(7-14(9-19)18(21)22-3)12(2)20(11)15-4-5-16-17(8-15)24-10-23-16/h4-8H,10H2,1-3H3. The first-order valence-electron chi connectivity index (χ1n) is 7.34. The molecule has 3 rings (SSSR count). The summed E-state index contributed by atoms with van der Waals surface area (Å²) in [6, 6.07) is 9.49. The van der Waals surface area contributed by atoms with Crippen LogP contribution in [0.15, 0.2) is 29.8 Å². The van der Waals surface area contributed by atoms with Crippen LogP contribution >= 0.6 is 0 Å². The molecule has 0 unspecified atom stereocenters. The molecule has 0 saturated carbocycles. The van der Waals surface area contributed by atoms with Crippen LogP contribution in [-0.2, 0) is 9.53 Å². The Labute approximate surface area is 139 Å². The van der Waals surface area contributed by atoms with Crippen molar-refractivity contribution in [2.45, 2.75) is 13.8 Å². The van der Waals surface area contributed by atoms with Crippen LogP contribution in [0, 0.1) is 25.2 Å². The van der Waals surface area contributed by atoms with Crippen molar-refractivity contribution in [2.75, 3.05) is 13.9 Å². The van der Waals surface area contributed by atoms with Gasteiger partial charge in [0.1, 0.15) is 11.6 Å². The Bertz CT molecular complexity index is 887. The number of esters is 1. The molecule has 1 aromatic carbocycles. The van der Waals surface area contributed by atoms with Crippen LogP contribution in [0.3, 0.4) is 0 Å². The fourth-order valence-corrected chi connectivity index (χ4v) is 2.76. The molecule has 6 nitrogen and oxygen atoms in total. The maximum absolute atomic E-state index is 11.6. The highest BCUT2D eigenvalue weighted by Gasteiger charge is 2.17. The van der Waals surface area contributed by atoms with Crippen molar-refractivity contribution in [3.05, 3.63) is 46.8 Å². The number of benzene rings is 1. The van der Waals surface area contributed by atoms with Crippen LogP contribution in [0.5, 0.6) is 11.5 Å². The molecule has 0 atom stereocenters. The zero-order valence-electron chi connectivity index (χ0n) is 13.6. The van der Waals surface area contributed by atoms with Gasteiger partial charge in [0, 0.05) is 23.1 Å². The van der Waals surface area contributed by atoms with Crippen molar-refractivity contribution < 1.29 is 19.0 Å². The highest BCUT2D eigenvalue weighted by molar-refractivity contribution is 5.98. The van der Waals surface area contributed by atoms with Gasteiger partial charge in [-0.2, -0.15) is 5.26 Å². The summed E-state index contributed by atoms with van der Waals surface area (Å²) in [4.78, 5) is 11.6. The number of nitrogens with zero attached hydrogens (tertiary/aromatic N) is 2. The third-order valence-corrected chi connectivity index (χ3v) is 3.91. The van der Waals surface area contributed by atoms with Crippen molar-refractivity contribution >= 4 is 12.0 Å². The summed E-state index contributed by atoms with van der Waals surface area (Å²) in [6.45, 7) is 4.11. The van der Waals surface area contributed by atoms with Gasteiger partial charge in [-0.1, -0.05) is 0 Å². The van der Waals surface area contributed by atoms with Gasteiger partial charge >= 0.3 is 5.97 Å². The second-order valence-corrected chi connectivity index (χ2v) is 5.36. The van der Waals surface area contributed by atoms with E-state index in [0.717, 1.165) is 28.4 Å². The highest BCUT2D eigenvalue weighted by atomic mass is 16.7. The van der Waals surface area contributed by atoms with E-state index in [9.17, 15) is 4.79 Å². The number of hydrogen-bond donors (Lipinski definition) is 0. The molecule has 2 heterocycles. The number of rotatable bonds is 3. The Hall–Kier alpha value is -3.20. The second-order valence-electron chi connectivity index (χ2n) is 5.36. The molecule has 0 radical (unpaired) electrons. The summed E-state index contributed by atoms with van der Waals surface area (Å²) in [7, 11) is 1.25. The molecule has 0 bridgehead atoms. The third kappa shape index (κ3) is 2.61. The summed E-state index contributed by atoms with van der Waals surface area (Å²) in [6.07, 6.45) is 1.54. The summed E-state index contributed by atoms with van der Waals surface area (Å²) in [5, 5.41) is 9.12. The van der Waals surface area contributed by atoms with Gasteiger partial charge in [-0.15, -0.1) is 0 Å². The van der Waals surface area contributed by atoms with Crippen molar-refractivity contribution in [2.24, 2.45) is 0 Å². The number of methoxy groups -OCH3 is 1. The van der Waals surface area contributed by atoms with Gasteiger partial charge in [0.05, 0.1) is 7.11 Å². The Morgan fingerprint density at radius 3 is 2.75 bits per heavy atom. The lowest BCUT2D eigenvalue weighted by molar-refractivity contribution is -0.135. The minimum Gasteiger partial charge on any atom is -0.465 e. The van der Waals surface area contributed by atoms with Crippen LogP contribution in [0.2, 0.25) is 0 Å². The molecule has 6 heteroatoms. The molecule has 1 aliphatic rings. The van der Waals surface area contributed by atoms with Gasteiger partial charge in [-0.25, -0.2) is 4.79 Å². The van der Waals surface area contributed by atoms with E-state index in [1.165, 1.54) is 13.2 Å². The van der Waals surface area contributed by atoms with E-state index in [4.69, 9.17) is 14.7 Å². The summed E-state index contributed by atoms with van der Waals surface area (Å²) in [5.41, 5.74) is 3.55. The number of aryl methyl sites for hydroxylation is 1. The predicted molar refractivity (Wildman–Crippen MR) is 87.0 cm³/mol. The monoisotopic (exact) mass is 324 g/mol. The van der Waals surface area contributed by atoms with E-state index in [2.05, 4.69) is 4.74 Å². The highest BCUT2D eigenvalue weighted by Crippen LogP contribution is 2.35. The molecule has 24 heavy (non-hydrogen) atoms. The van der Waals surface area contributed by atoms with Gasteiger partial charge in [0.15, 0.2) is 11.5 Å². The van der Waals surface area contributed by atoms with Crippen molar-refractivity contribution in [1.29, 1.82) is 5.26 Å². The minimum absolute atomic E-state index is 0.0385. The second kappa shape index (κ2) is 6.13. The molecule has 122 valence electrons. The number of carbonyl (C=O) groups excluding carboxylic acids is 1. The van der Waals surface area contributed by atoms with Crippen molar-refractivity contribution in [3.8, 4) is 23.3 Å². The van der Waals surface area contributed by atoms with Crippen molar-refractivity contribution in [1.82, 2.24) is 4.57 Å². The molecule has 0 fully saturated rings. The quantitative estimate of drug-likeness (QED) is 0.493. The lowest BCUT2D eigenvalue weighted by Crippen LogP contribution is -2.03. The zero-order valence-corrected chi connectivity index (χ0v) is 13.6. The number of hydrogen-bond acceptors (Lipinski definition) is 5. The average molecular weight is 324 g/mol. The molecule has 1 aliphatic heterocycles. The minimum atomic E-state index is -0.648. The summed E-state index contributed by atoms with van der Waals surface area (Å²) in [5.74, 6) is 0.772. The number of carbonyl (C=O) groups is 1. The van der Waals surface area contributed by atoms with Gasteiger partial charge in [0.2, 0.25) is 6.79 Å². The Kier molecular flexibility index (Phi) is 4.00. The first-order chi connectivity index (χ1) is 11.5. The predicted octanol–water partition coefficient (Wildman–Crippen LogP) is 2.90. The Morgan fingerprint density at radius 2 is 2.04 bits per heavy atom. The van der Waals surface area contributed by atoms with Crippen LogP contribution in [0.4, 0.5) is 0 Å². The van der Waals surface area contributed by atoms with Gasteiger partial charge < -0.3 is 18.8 Å².